The Morgan fingerprint density at radius 2 is 1.68 bits per heavy atom. The summed E-state index contributed by atoms with van der Waals surface area (Å²) in [5.74, 6) is -2.84. The number of hydrogen-bond acceptors (Lipinski definition) is 6. The zero-order valence-electron chi connectivity index (χ0n) is 13.7. The van der Waals surface area contributed by atoms with Gasteiger partial charge in [0.25, 0.3) is 0 Å². The molecule has 2 rings (SSSR count). The number of anilines is 1. The highest BCUT2D eigenvalue weighted by molar-refractivity contribution is 7.90. The molecule has 1 saturated heterocycles. The molecular weight excluding hydrogens is 350 g/mol. The van der Waals surface area contributed by atoms with Crippen LogP contribution in [0.4, 0.5) is 10.5 Å². The molecule has 0 atom stereocenters. The van der Waals surface area contributed by atoms with Crippen LogP contribution in [0.25, 0.3) is 0 Å². The van der Waals surface area contributed by atoms with Gasteiger partial charge in [-0.05, 0) is 18.6 Å². The van der Waals surface area contributed by atoms with Gasteiger partial charge in [-0.3, -0.25) is 19.3 Å². The molecule has 1 aromatic carbocycles. The van der Waals surface area contributed by atoms with Crippen molar-refractivity contribution in [2.24, 2.45) is 0 Å². The molecule has 1 fully saturated rings. The van der Waals surface area contributed by atoms with Crippen molar-refractivity contribution in [3.63, 3.8) is 0 Å². The number of benzene rings is 1. The van der Waals surface area contributed by atoms with Crippen molar-refractivity contribution in [2.75, 3.05) is 24.7 Å². The molecule has 0 radical (unpaired) electrons. The molecule has 25 heavy (non-hydrogen) atoms. The SMILES string of the molecule is CCCN1C(=O)C(=O)N(CC(=O)Nc2ccccc2S(C)(=O)=O)C1=O. The lowest BCUT2D eigenvalue weighted by atomic mass is 10.3. The van der Waals surface area contributed by atoms with E-state index < -0.39 is 40.1 Å². The predicted octanol–water partition coefficient (Wildman–Crippen LogP) is 0.229. The van der Waals surface area contributed by atoms with E-state index in [1.165, 1.54) is 24.3 Å². The maximum absolute atomic E-state index is 12.1. The van der Waals surface area contributed by atoms with Gasteiger partial charge < -0.3 is 5.32 Å². The Balaban J connectivity index is 2.15. The van der Waals surface area contributed by atoms with Crippen molar-refractivity contribution in [1.29, 1.82) is 0 Å². The minimum atomic E-state index is -3.58. The van der Waals surface area contributed by atoms with Gasteiger partial charge in [0.1, 0.15) is 6.54 Å². The molecule has 0 saturated carbocycles. The smallest absolute Gasteiger partial charge is 0.323 e. The second-order valence-corrected chi connectivity index (χ2v) is 7.43. The van der Waals surface area contributed by atoms with Crippen molar-refractivity contribution < 1.29 is 27.6 Å². The van der Waals surface area contributed by atoms with Crippen LogP contribution in [0, 0.1) is 0 Å². The van der Waals surface area contributed by atoms with Crippen molar-refractivity contribution >= 4 is 39.3 Å². The first-order chi connectivity index (χ1) is 11.7. The number of amides is 5. The molecule has 0 spiro atoms. The number of nitrogens with zero attached hydrogens (tertiary/aromatic N) is 2. The Labute approximate surface area is 144 Å². The molecule has 1 aliphatic heterocycles. The fourth-order valence-electron chi connectivity index (χ4n) is 2.34. The lowest BCUT2D eigenvalue weighted by Crippen LogP contribution is -2.39. The number of nitrogens with one attached hydrogen (secondary N) is 1. The Kier molecular flexibility index (Phi) is 5.21. The Morgan fingerprint density at radius 3 is 2.28 bits per heavy atom. The van der Waals surface area contributed by atoms with Crippen LogP contribution in [0.1, 0.15) is 13.3 Å². The van der Waals surface area contributed by atoms with Crippen LogP contribution in [-0.4, -0.2) is 61.3 Å². The molecule has 134 valence electrons. The topological polar surface area (TPSA) is 121 Å². The largest absolute Gasteiger partial charge is 0.334 e. The minimum absolute atomic E-state index is 0.0332. The zero-order valence-corrected chi connectivity index (χ0v) is 14.5. The number of imide groups is 2. The van der Waals surface area contributed by atoms with Crippen LogP contribution in [0.15, 0.2) is 29.2 Å². The number of sulfone groups is 1. The lowest BCUT2D eigenvalue weighted by molar-refractivity contribution is -0.143. The number of para-hydroxylation sites is 1. The molecule has 1 aliphatic rings. The van der Waals surface area contributed by atoms with Gasteiger partial charge in [-0.2, -0.15) is 0 Å². The summed E-state index contributed by atoms with van der Waals surface area (Å²) in [7, 11) is -3.58. The molecule has 1 N–H and O–H groups in total. The number of hydrogen-bond donors (Lipinski definition) is 1. The summed E-state index contributed by atoms with van der Waals surface area (Å²) in [6.07, 6.45) is 1.47. The standard InChI is InChI=1S/C15H17N3O6S/c1-3-8-17-13(20)14(21)18(15(17)22)9-12(19)16-10-6-4-5-7-11(10)25(2,23)24/h4-7H,3,8-9H2,1-2H3,(H,16,19). The normalized spacial score (nSPS) is 15.0. The highest BCUT2D eigenvalue weighted by Crippen LogP contribution is 2.21. The van der Waals surface area contributed by atoms with E-state index in [1.807, 2.05) is 0 Å². The van der Waals surface area contributed by atoms with Gasteiger partial charge in [-0.15, -0.1) is 0 Å². The quantitative estimate of drug-likeness (QED) is 0.567. The number of carbonyl (C=O) groups is 4. The van der Waals surface area contributed by atoms with E-state index in [1.54, 1.807) is 6.92 Å². The summed E-state index contributed by atoms with van der Waals surface area (Å²) in [4.78, 5) is 49.0. The molecule has 0 unspecified atom stereocenters. The van der Waals surface area contributed by atoms with E-state index in [-0.39, 0.29) is 17.1 Å². The van der Waals surface area contributed by atoms with Crippen LogP contribution < -0.4 is 5.32 Å². The fourth-order valence-corrected chi connectivity index (χ4v) is 3.18. The first kappa shape index (κ1) is 18.6. The van der Waals surface area contributed by atoms with Gasteiger partial charge in [0.2, 0.25) is 5.91 Å². The monoisotopic (exact) mass is 367 g/mol. The number of urea groups is 1. The molecule has 0 bridgehead atoms. The van der Waals surface area contributed by atoms with Crippen molar-refractivity contribution in [3.8, 4) is 0 Å². The first-order valence-corrected chi connectivity index (χ1v) is 9.32. The maximum Gasteiger partial charge on any atom is 0.334 e. The highest BCUT2D eigenvalue weighted by Gasteiger charge is 2.44. The summed E-state index contributed by atoms with van der Waals surface area (Å²) in [5, 5.41) is 2.35. The van der Waals surface area contributed by atoms with Gasteiger partial charge in [0, 0.05) is 12.8 Å². The van der Waals surface area contributed by atoms with E-state index in [9.17, 15) is 27.6 Å². The van der Waals surface area contributed by atoms with E-state index in [4.69, 9.17) is 0 Å². The van der Waals surface area contributed by atoms with Gasteiger partial charge >= 0.3 is 17.8 Å². The predicted molar refractivity (Wildman–Crippen MR) is 87.3 cm³/mol. The van der Waals surface area contributed by atoms with Crippen molar-refractivity contribution in [2.45, 2.75) is 18.2 Å². The van der Waals surface area contributed by atoms with Gasteiger partial charge in [-0.1, -0.05) is 19.1 Å². The highest BCUT2D eigenvalue weighted by atomic mass is 32.2. The van der Waals surface area contributed by atoms with Crippen LogP contribution in [0.3, 0.4) is 0 Å². The second kappa shape index (κ2) is 7.01. The third-order valence-electron chi connectivity index (χ3n) is 3.44. The van der Waals surface area contributed by atoms with Gasteiger partial charge in [-0.25, -0.2) is 18.1 Å². The summed E-state index contributed by atoms with van der Waals surface area (Å²) in [6.45, 7) is 1.14. The lowest BCUT2D eigenvalue weighted by Gasteiger charge is -2.15. The molecule has 0 aromatic heterocycles. The van der Waals surface area contributed by atoms with E-state index >= 15 is 0 Å². The van der Waals surface area contributed by atoms with Gasteiger partial charge in [0.15, 0.2) is 9.84 Å². The average molecular weight is 367 g/mol. The van der Waals surface area contributed by atoms with Crippen LogP contribution in [0.2, 0.25) is 0 Å². The molecule has 1 heterocycles. The second-order valence-electron chi connectivity index (χ2n) is 5.45. The summed E-state index contributed by atoms with van der Waals surface area (Å²) in [6, 6.07) is 4.88. The molecule has 1 aromatic rings. The summed E-state index contributed by atoms with van der Waals surface area (Å²) in [5.41, 5.74) is 0.0332. The minimum Gasteiger partial charge on any atom is -0.323 e. The number of rotatable bonds is 6. The molecule has 5 amide bonds. The van der Waals surface area contributed by atoms with Crippen molar-refractivity contribution in [1.82, 2.24) is 9.80 Å². The zero-order chi connectivity index (χ0) is 18.8. The summed E-state index contributed by atoms with van der Waals surface area (Å²) < 4.78 is 23.4. The van der Waals surface area contributed by atoms with Gasteiger partial charge in [0.05, 0.1) is 10.6 Å². The van der Waals surface area contributed by atoms with Crippen molar-refractivity contribution in [3.05, 3.63) is 24.3 Å². The maximum atomic E-state index is 12.1. The fraction of sp³-hybridized carbons (Fsp3) is 0.333. The third kappa shape index (κ3) is 3.85. The summed E-state index contributed by atoms with van der Waals surface area (Å²) >= 11 is 0. The van der Waals surface area contributed by atoms with E-state index in [2.05, 4.69) is 5.32 Å². The Bertz CT molecular complexity index is 849. The average Bonchev–Trinajstić information content (AvgIpc) is 2.72. The molecule has 9 nitrogen and oxygen atoms in total. The molecule has 0 aliphatic carbocycles. The molecule has 10 heteroatoms. The molecular formula is C15H17N3O6S. The van der Waals surface area contributed by atoms with Crippen LogP contribution in [0.5, 0.6) is 0 Å². The third-order valence-corrected chi connectivity index (χ3v) is 4.60. The van der Waals surface area contributed by atoms with E-state index in [0.29, 0.717) is 11.3 Å². The van der Waals surface area contributed by atoms with Crippen LogP contribution >= 0.6 is 0 Å². The Morgan fingerprint density at radius 1 is 1.08 bits per heavy atom. The van der Waals surface area contributed by atoms with E-state index in [0.717, 1.165) is 11.2 Å². The number of carbonyl (C=O) groups excluding carboxylic acids is 4. The van der Waals surface area contributed by atoms with Crippen LogP contribution in [-0.2, 0) is 24.2 Å². The Hall–Kier alpha value is -2.75. The first-order valence-electron chi connectivity index (χ1n) is 7.43.